The molecule has 0 unspecified atom stereocenters. The maximum Gasteiger partial charge on any atom is 0.159 e. The van der Waals surface area contributed by atoms with Crippen molar-refractivity contribution in [2.75, 3.05) is 0 Å². The smallest absolute Gasteiger partial charge is 0.159 e. The van der Waals surface area contributed by atoms with Crippen molar-refractivity contribution >= 4 is 0 Å². The third-order valence-corrected chi connectivity index (χ3v) is 2.79. The fraction of sp³-hybridized carbons (Fsp3) is 0.455. The van der Waals surface area contributed by atoms with Gasteiger partial charge in [0.05, 0.1) is 0 Å². The summed E-state index contributed by atoms with van der Waals surface area (Å²) in [7, 11) is 0. The average molecular weight is 182 g/mol. The zero-order valence-electron chi connectivity index (χ0n) is 7.56. The third-order valence-electron chi connectivity index (χ3n) is 2.79. The third kappa shape index (κ3) is 1.58. The topological polar surface area (TPSA) is 0 Å². The summed E-state index contributed by atoms with van der Waals surface area (Å²) in [5.74, 6) is -0.295. The van der Waals surface area contributed by atoms with Crippen molar-refractivity contribution in [2.24, 2.45) is 5.92 Å². The molecule has 2 heteroatoms. The first kappa shape index (κ1) is 8.67. The van der Waals surface area contributed by atoms with Gasteiger partial charge >= 0.3 is 0 Å². The summed E-state index contributed by atoms with van der Waals surface area (Å²) in [5.41, 5.74) is 0.942. The molecule has 0 N–H and O–H groups in total. The molecule has 0 radical (unpaired) electrons. The van der Waals surface area contributed by atoms with E-state index in [-0.39, 0.29) is 0 Å². The van der Waals surface area contributed by atoms with Gasteiger partial charge in [0.15, 0.2) is 11.6 Å². The molecule has 0 amide bonds. The zero-order chi connectivity index (χ0) is 9.42. The average Bonchev–Trinajstić information content (AvgIpc) is 2.05. The van der Waals surface area contributed by atoms with E-state index in [1.54, 1.807) is 6.07 Å². The molecule has 0 aromatic heterocycles. The van der Waals surface area contributed by atoms with Crippen LogP contribution >= 0.6 is 0 Å². The van der Waals surface area contributed by atoms with Gasteiger partial charge in [-0.05, 0) is 42.4 Å². The molecule has 1 fully saturated rings. The van der Waals surface area contributed by atoms with Crippen molar-refractivity contribution in [3.05, 3.63) is 35.4 Å². The lowest BCUT2D eigenvalue weighted by molar-refractivity contribution is 0.287. The molecule has 1 aliphatic carbocycles. The van der Waals surface area contributed by atoms with Crippen LogP contribution in [0.1, 0.15) is 31.2 Å². The Morgan fingerprint density at radius 2 is 1.85 bits per heavy atom. The highest BCUT2D eigenvalue weighted by atomic mass is 19.2. The lowest BCUT2D eigenvalue weighted by atomic mass is 9.72. The van der Waals surface area contributed by atoms with Crippen LogP contribution in [0.3, 0.4) is 0 Å². The minimum atomic E-state index is -0.754. The Balaban J connectivity index is 2.18. The summed E-state index contributed by atoms with van der Waals surface area (Å²) in [6.45, 7) is 2.18. The lowest BCUT2D eigenvalue weighted by Crippen LogP contribution is -2.18. The standard InChI is InChI=1S/C11H12F2/c1-7-4-9(5-7)8-2-3-10(12)11(13)6-8/h2-3,6-7,9H,4-5H2,1H3. The second-order valence-corrected chi connectivity index (χ2v) is 3.95. The van der Waals surface area contributed by atoms with Gasteiger partial charge in [0.25, 0.3) is 0 Å². The van der Waals surface area contributed by atoms with Crippen LogP contribution in [0.2, 0.25) is 0 Å². The van der Waals surface area contributed by atoms with Crippen molar-refractivity contribution < 1.29 is 8.78 Å². The van der Waals surface area contributed by atoms with Gasteiger partial charge in [0.2, 0.25) is 0 Å². The second kappa shape index (κ2) is 3.09. The lowest BCUT2D eigenvalue weighted by Gasteiger charge is -2.33. The fourth-order valence-electron chi connectivity index (χ4n) is 1.94. The first-order valence-corrected chi connectivity index (χ1v) is 4.62. The Kier molecular flexibility index (Phi) is 2.06. The highest BCUT2D eigenvalue weighted by Gasteiger charge is 2.27. The van der Waals surface area contributed by atoms with Gasteiger partial charge in [-0.15, -0.1) is 0 Å². The van der Waals surface area contributed by atoms with E-state index in [2.05, 4.69) is 6.92 Å². The molecule has 13 heavy (non-hydrogen) atoms. The van der Waals surface area contributed by atoms with Gasteiger partial charge in [-0.2, -0.15) is 0 Å². The SMILES string of the molecule is CC1CC(c2ccc(F)c(F)c2)C1. The Morgan fingerprint density at radius 3 is 2.38 bits per heavy atom. The summed E-state index contributed by atoms with van der Waals surface area (Å²) in [6.07, 6.45) is 2.20. The molecule has 0 heterocycles. The van der Waals surface area contributed by atoms with E-state index in [0.29, 0.717) is 5.92 Å². The van der Waals surface area contributed by atoms with Crippen LogP contribution in [-0.2, 0) is 0 Å². The number of hydrogen-bond donors (Lipinski definition) is 0. The fourth-order valence-corrected chi connectivity index (χ4v) is 1.94. The molecule has 1 aliphatic rings. The van der Waals surface area contributed by atoms with E-state index in [9.17, 15) is 8.78 Å². The van der Waals surface area contributed by atoms with Crippen LogP contribution < -0.4 is 0 Å². The summed E-state index contributed by atoms with van der Waals surface area (Å²) in [4.78, 5) is 0. The molecule has 1 aromatic carbocycles. The molecule has 1 aromatic rings. The molecular weight excluding hydrogens is 170 g/mol. The Hall–Kier alpha value is -0.920. The van der Waals surface area contributed by atoms with E-state index in [4.69, 9.17) is 0 Å². The highest BCUT2D eigenvalue weighted by molar-refractivity contribution is 5.23. The first-order chi connectivity index (χ1) is 6.16. The number of rotatable bonds is 1. The normalized spacial score (nSPS) is 27.0. The highest BCUT2D eigenvalue weighted by Crippen LogP contribution is 2.41. The van der Waals surface area contributed by atoms with E-state index in [1.165, 1.54) is 12.1 Å². The summed E-state index contributed by atoms with van der Waals surface area (Å²) >= 11 is 0. The van der Waals surface area contributed by atoms with E-state index >= 15 is 0 Å². The molecule has 0 bridgehead atoms. The molecule has 0 spiro atoms. The molecule has 1 saturated carbocycles. The largest absolute Gasteiger partial charge is 0.204 e. The summed E-state index contributed by atoms with van der Waals surface area (Å²) in [6, 6.07) is 4.23. The van der Waals surface area contributed by atoms with Crippen LogP contribution in [0.25, 0.3) is 0 Å². The quantitative estimate of drug-likeness (QED) is 0.623. The van der Waals surface area contributed by atoms with Crippen LogP contribution in [0.5, 0.6) is 0 Å². The minimum absolute atomic E-state index is 0.449. The molecule has 0 atom stereocenters. The van der Waals surface area contributed by atoms with Crippen molar-refractivity contribution in [3.8, 4) is 0 Å². The molecule has 0 nitrogen and oxygen atoms in total. The van der Waals surface area contributed by atoms with E-state index in [0.717, 1.165) is 24.3 Å². The number of halogens is 2. The maximum absolute atomic E-state index is 12.8. The Morgan fingerprint density at radius 1 is 1.15 bits per heavy atom. The van der Waals surface area contributed by atoms with Crippen LogP contribution in [0.15, 0.2) is 18.2 Å². The number of benzene rings is 1. The van der Waals surface area contributed by atoms with Crippen molar-refractivity contribution in [2.45, 2.75) is 25.7 Å². The number of hydrogen-bond acceptors (Lipinski definition) is 0. The minimum Gasteiger partial charge on any atom is -0.204 e. The van der Waals surface area contributed by atoms with Crippen molar-refractivity contribution in [1.82, 2.24) is 0 Å². The van der Waals surface area contributed by atoms with Gasteiger partial charge in [-0.3, -0.25) is 0 Å². The Labute approximate surface area is 76.6 Å². The van der Waals surface area contributed by atoms with Crippen LogP contribution in [0.4, 0.5) is 8.78 Å². The van der Waals surface area contributed by atoms with Crippen LogP contribution in [0, 0.1) is 17.6 Å². The van der Waals surface area contributed by atoms with Gasteiger partial charge < -0.3 is 0 Å². The maximum atomic E-state index is 12.8. The predicted octanol–water partition coefficient (Wildman–Crippen LogP) is 3.48. The van der Waals surface area contributed by atoms with E-state index in [1.807, 2.05) is 0 Å². The second-order valence-electron chi connectivity index (χ2n) is 3.95. The van der Waals surface area contributed by atoms with Crippen molar-refractivity contribution in [3.63, 3.8) is 0 Å². The summed E-state index contributed by atoms with van der Waals surface area (Å²) in [5, 5.41) is 0. The van der Waals surface area contributed by atoms with Gasteiger partial charge in [-0.25, -0.2) is 8.78 Å². The molecule has 0 saturated heterocycles. The zero-order valence-corrected chi connectivity index (χ0v) is 7.56. The molecule has 70 valence electrons. The van der Waals surface area contributed by atoms with Crippen LogP contribution in [-0.4, -0.2) is 0 Å². The Bertz CT molecular complexity index is 314. The van der Waals surface area contributed by atoms with Crippen molar-refractivity contribution in [1.29, 1.82) is 0 Å². The molecular formula is C11H12F2. The summed E-state index contributed by atoms with van der Waals surface area (Å²) < 4.78 is 25.4. The van der Waals surface area contributed by atoms with Gasteiger partial charge in [-0.1, -0.05) is 13.0 Å². The van der Waals surface area contributed by atoms with Gasteiger partial charge in [0.1, 0.15) is 0 Å². The first-order valence-electron chi connectivity index (χ1n) is 4.62. The predicted molar refractivity (Wildman–Crippen MR) is 47.5 cm³/mol. The van der Waals surface area contributed by atoms with Gasteiger partial charge in [0, 0.05) is 0 Å². The molecule has 0 aliphatic heterocycles. The molecule has 2 rings (SSSR count). The monoisotopic (exact) mass is 182 g/mol. The van der Waals surface area contributed by atoms with E-state index < -0.39 is 11.6 Å².